The molecule has 112 valence electrons. The van der Waals surface area contributed by atoms with Gasteiger partial charge in [0.15, 0.2) is 0 Å². The Balaban J connectivity index is 2.58. The Bertz CT molecular complexity index is 643. The van der Waals surface area contributed by atoms with Crippen LogP contribution in [0.15, 0.2) is 34.8 Å². The molecule has 1 N–H and O–H groups in total. The molecule has 0 aliphatic rings. The van der Waals surface area contributed by atoms with Crippen LogP contribution in [0.25, 0.3) is 0 Å². The third-order valence-electron chi connectivity index (χ3n) is 3.27. The summed E-state index contributed by atoms with van der Waals surface area (Å²) >= 11 is 9.36. The normalized spacial score (nSPS) is 12.3. The summed E-state index contributed by atoms with van der Waals surface area (Å²) in [4.78, 5) is 0. The third-order valence-corrected chi connectivity index (χ3v) is 4.10. The SMILES string of the molecule is CNC(c1cc(C)cc(Cl)c1)c1cc(Br)c(F)cc1OC. The molecule has 2 rings (SSSR count). The maximum absolute atomic E-state index is 13.7. The van der Waals surface area contributed by atoms with E-state index in [1.54, 1.807) is 6.07 Å². The summed E-state index contributed by atoms with van der Waals surface area (Å²) in [7, 11) is 3.37. The van der Waals surface area contributed by atoms with E-state index in [4.69, 9.17) is 16.3 Å². The van der Waals surface area contributed by atoms with Gasteiger partial charge < -0.3 is 10.1 Å². The van der Waals surface area contributed by atoms with Crippen molar-refractivity contribution in [1.82, 2.24) is 5.32 Å². The minimum absolute atomic E-state index is 0.144. The molecule has 0 spiro atoms. The predicted molar refractivity (Wildman–Crippen MR) is 87.7 cm³/mol. The Morgan fingerprint density at radius 3 is 2.52 bits per heavy atom. The quantitative estimate of drug-likeness (QED) is 0.827. The van der Waals surface area contributed by atoms with Crippen LogP contribution in [0.1, 0.15) is 22.7 Å². The van der Waals surface area contributed by atoms with Crippen molar-refractivity contribution in [3.05, 3.63) is 62.3 Å². The van der Waals surface area contributed by atoms with Crippen molar-refractivity contribution in [3.8, 4) is 5.75 Å². The van der Waals surface area contributed by atoms with E-state index in [0.29, 0.717) is 15.2 Å². The fourth-order valence-electron chi connectivity index (χ4n) is 2.38. The molecule has 1 unspecified atom stereocenters. The van der Waals surface area contributed by atoms with E-state index in [1.807, 2.05) is 32.2 Å². The minimum atomic E-state index is -0.354. The Hall–Kier alpha value is -1.10. The summed E-state index contributed by atoms with van der Waals surface area (Å²) in [6, 6.07) is 8.80. The number of benzene rings is 2. The molecule has 0 amide bonds. The Morgan fingerprint density at radius 1 is 1.24 bits per heavy atom. The molecule has 2 aromatic rings. The van der Waals surface area contributed by atoms with E-state index in [0.717, 1.165) is 16.7 Å². The van der Waals surface area contributed by atoms with Gasteiger partial charge in [0.2, 0.25) is 0 Å². The number of methoxy groups -OCH3 is 1. The molecule has 0 heterocycles. The molecule has 2 aromatic carbocycles. The van der Waals surface area contributed by atoms with Gasteiger partial charge in [-0.1, -0.05) is 17.7 Å². The molecule has 1 atom stereocenters. The topological polar surface area (TPSA) is 21.3 Å². The Labute approximate surface area is 137 Å². The zero-order valence-electron chi connectivity index (χ0n) is 12.0. The second-order valence-electron chi connectivity index (χ2n) is 4.79. The zero-order valence-corrected chi connectivity index (χ0v) is 14.3. The number of aryl methyl sites for hydroxylation is 1. The molecule has 0 saturated heterocycles. The van der Waals surface area contributed by atoms with Crippen LogP contribution in [0.4, 0.5) is 4.39 Å². The number of hydrogen-bond acceptors (Lipinski definition) is 2. The van der Waals surface area contributed by atoms with Crippen molar-refractivity contribution < 1.29 is 9.13 Å². The number of halogens is 3. The fourth-order valence-corrected chi connectivity index (χ4v) is 3.04. The summed E-state index contributed by atoms with van der Waals surface area (Å²) in [5, 5.41) is 3.90. The average molecular weight is 373 g/mol. The molecule has 5 heteroatoms. The highest BCUT2D eigenvalue weighted by atomic mass is 79.9. The molecule has 0 fully saturated rings. The van der Waals surface area contributed by atoms with Gasteiger partial charge in [-0.3, -0.25) is 0 Å². The summed E-state index contributed by atoms with van der Waals surface area (Å²) in [5.74, 6) is 0.139. The molecule has 0 aliphatic carbocycles. The van der Waals surface area contributed by atoms with Crippen LogP contribution < -0.4 is 10.1 Å². The van der Waals surface area contributed by atoms with Crippen LogP contribution in [0.3, 0.4) is 0 Å². The van der Waals surface area contributed by atoms with Gasteiger partial charge >= 0.3 is 0 Å². The van der Waals surface area contributed by atoms with Gasteiger partial charge in [-0.15, -0.1) is 0 Å². The van der Waals surface area contributed by atoms with E-state index < -0.39 is 0 Å². The first-order valence-electron chi connectivity index (χ1n) is 6.43. The van der Waals surface area contributed by atoms with Crippen molar-refractivity contribution in [1.29, 1.82) is 0 Å². The highest BCUT2D eigenvalue weighted by Crippen LogP contribution is 2.35. The summed E-state index contributed by atoms with van der Waals surface area (Å²) < 4.78 is 19.4. The van der Waals surface area contributed by atoms with Crippen LogP contribution >= 0.6 is 27.5 Å². The van der Waals surface area contributed by atoms with Gasteiger partial charge in [0.05, 0.1) is 17.6 Å². The first kappa shape index (κ1) is 16.3. The monoisotopic (exact) mass is 371 g/mol. The van der Waals surface area contributed by atoms with Crippen molar-refractivity contribution in [3.63, 3.8) is 0 Å². The lowest BCUT2D eigenvalue weighted by molar-refractivity contribution is 0.401. The first-order chi connectivity index (χ1) is 9.96. The van der Waals surface area contributed by atoms with E-state index in [9.17, 15) is 4.39 Å². The molecule has 0 radical (unpaired) electrons. The zero-order chi connectivity index (χ0) is 15.6. The second-order valence-corrected chi connectivity index (χ2v) is 6.08. The maximum atomic E-state index is 13.7. The van der Waals surface area contributed by atoms with E-state index in [1.165, 1.54) is 13.2 Å². The van der Waals surface area contributed by atoms with Crippen molar-refractivity contribution in [2.75, 3.05) is 14.2 Å². The van der Waals surface area contributed by atoms with E-state index in [-0.39, 0.29) is 11.9 Å². The van der Waals surface area contributed by atoms with E-state index >= 15 is 0 Å². The smallest absolute Gasteiger partial charge is 0.141 e. The molecule has 0 aliphatic heterocycles. The standard InChI is InChI=1S/C16H16BrClFNO/c1-9-4-10(6-11(18)5-9)16(20-2)12-7-13(17)14(19)8-15(12)21-3/h4-8,16,20H,1-3H3. The lowest BCUT2D eigenvalue weighted by atomic mass is 9.96. The molecule has 21 heavy (non-hydrogen) atoms. The molecular weight excluding hydrogens is 357 g/mol. The van der Waals surface area contributed by atoms with Crippen molar-refractivity contribution >= 4 is 27.5 Å². The Kier molecular flexibility index (Phi) is 5.25. The number of hydrogen-bond donors (Lipinski definition) is 1. The Morgan fingerprint density at radius 2 is 1.95 bits per heavy atom. The van der Waals surface area contributed by atoms with Crippen LogP contribution in [0, 0.1) is 12.7 Å². The minimum Gasteiger partial charge on any atom is -0.496 e. The lowest BCUT2D eigenvalue weighted by Crippen LogP contribution is -2.19. The highest BCUT2D eigenvalue weighted by molar-refractivity contribution is 9.10. The highest BCUT2D eigenvalue weighted by Gasteiger charge is 2.19. The molecule has 2 nitrogen and oxygen atoms in total. The first-order valence-corrected chi connectivity index (χ1v) is 7.60. The summed E-state index contributed by atoms with van der Waals surface area (Å²) in [5.41, 5.74) is 2.91. The maximum Gasteiger partial charge on any atom is 0.141 e. The van der Waals surface area contributed by atoms with Gasteiger partial charge in [0, 0.05) is 16.7 Å². The number of rotatable bonds is 4. The van der Waals surface area contributed by atoms with Crippen LogP contribution in [-0.4, -0.2) is 14.2 Å². The van der Waals surface area contributed by atoms with Gasteiger partial charge in [0.1, 0.15) is 11.6 Å². The molecule has 0 aromatic heterocycles. The van der Waals surface area contributed by atoms with E-state index in [2.05, 4.69) is 21.2 Å². The third kappa shape index (κ3) is 3.57. The largest absolute Gasteiger partial charge is 0.496 e. The van der Waals surface area contributed by atoms with Gasteiger partial charge in [-0.2, -0.15) is 0 Å². The summed E-state index contributed by atoms with van der Waals surface area (Å²) in [6.45, 7) is 1.99. The molecule has 0 saturated carbocycles. The second kappa shape index (κ2) is 6.77. The lowest BCUT2D eigenvalue weighted by Gasteiger charge is -2.21. The van der Waals surface area contributed by atoms with Crippen LogP contribution in [0.2, 0.25) is 5.02 Å². The van der Waals surface area contributed by atoms with Crippen molar-refractivity contribution in [2.24, 2.45) is 0 Å². The van der Waals surface area contributed by atoms with Crippen LogP contribution in [0.5, 0.6) is 5.75 Å². The van der Waals surface area contributed by atoms with Gasteiger partial charge in [-0.05, 0) is 59.2 Å². The van der Waals surface area contributed by atoms with Crippen molar-refractivity contribution in [2.45, 2.75) is 13.0 Å². The predicted octanol–water partition coefficient (Wildman–Crippen LogP) is 4.87. The van der Waals surface area contributed by atoms with Gasteiger partial charge in [-0.25, -0.2) is 4.39 Å². The molecular formula is C16H16BrClFNO. The number of ether oxygens (including phenoxy) is 1. The average Bonchev–Trinajstić information content (AvgIpc) is 2.42. The summed E-state index contributed by atoms with van der Waals surface area (Å²) in [6.07, 6.45) is 0. The van der Waals surface area contributed by atoms with Gasteiger partial charge in [0.25, 0.3) is 0 Å². The van der Waals surface area contributed by atoms with Crippen LogP contribution in [-0.2, 0) is 0 Å². The number of nitrogens with one attached hydrogen (secondary N) is 1. The fraction of sp³-hybridized carbons (Fsp3) is 0.250. The molecule has 0 bridgehead atoms.